The number of hydrogen-bond donors (Lipinski definition) is 0. The van der Waals surface area contributed by atoms with E-state index >= 15 is 0 Å². The molecule has 0 saturated heterocycles. The first kappa shape index (κ1) is 14.1. The molecule has 0 aliphatic carbocycles. The molecule has 0 fully saturated rings. The van der Waals surface area contributed by atoms with Crippen LogP contribution in [-0.2, 0) is 0 Å². The number of halogens is 1. The summed E-state index contributed by atoms with van der Waals surface area (Å²) in [5.74, 6) is 0. The van der Waals surface area contributed by atoms with Crippen LogP contribution < -0.4 is 4.90 Å². The van der Waals surface area contributed by atoms with Crippen LogP contribution in [0, 0.1) is 16.7 Å². The van der Waals surface area contributed by atoms with E-state index in [1.807, 2.05) is 18.2 Å². The Morgan fingerprint density at radius 2 is 2.05 bits per heavy atom. The summed E-state index contributed by atoms with van der Waals surface area (Å²) in [5, 5.41) is 8.94. The summed E-state index contributed by atoms with van der Waals surface area (Å²) in [7, 11) is 0. The van der Waals surface area contributed by atoms with Gasteiger partial charge in [-0.15, -0.1) is 0 Å². The first-order chi connectivity index (χ1) is 8.91. The smallest absolute Gasteiger partial charge is 0.100 e. The lowest BCUT2D eigenvalue weighted by Crippen LogP contribution is -2.31. The summed E-state index contributed by atoms with van der Waals surface area (Å²) in [6, 6.07) is 8.12. The maximum atomic E-state index is 8.94. The molecule has 1 aliphatic heterocycles. The minimum Gasteiger partial charge on any atom is -0.367 e. The maximum absolute atomic E-state index is 8.94. The molecule has 0 atom stereocenters. The summed E-state index contributed by atoms with van der Waals surface area (Å²) in [4.78, 5) is 2.35. The van der Waals surface area contributed by atoms with Gasteiger partial charge in [-0.2, -0.15) is 5.26 Å². The van der Waals surface area contributed by atoms with Crippen molar-refractivity contribution in [3.05, 3.63) is 39.9 Å². The van der Waals surface area contributed by atoms with Gasteiger partial charge in [0.05, 0.1) is 5.56 Å². The Hall–Kier alpha value is -1.27. The Balaban J connectivity index is 2.17. The van der Waals surface area contributed by atoms with Gasteiger partial charge in [-0.3, -0.25) is 0 Å². The Kier molecular flexibility index (Phi) is 4.01. The van der Waals surface area contributed by atoms with Crippen LogP contribution in [0.3, 0.4) is 0 Å². The molecular formula is C16H19BrN2. The van der Waals surface area contributed by atoms with Crippen LogP contribution in [0.5, 0.6) is 0 Å². The minimum absolute atomic E-state index is 0.275. The lowest BCUT2D eigenvalue weighted by atomic mass is 9.83. The predicted molar refractivity (Wildman–Crippen MR) is 83.2 cm³/mol. The quantitative estimate of drug-likeness (QED) is 0.713. The second kappa shape index (κ2) is 5.38. The number of anilines is 1. The van der Waals surface area contributed by atoms with Crippen molar-refractivity contribution in [2.24, 2.45) is 5.41 Å². The summed E-state index contributed by atoms with van der Waals surface area (Å²) in [6.45, 7) is 8.80. The largest absolute Gasteiger partial charge is 0.367 e. The van der Waals surface area contributed by atoms with Crippen molar-refractivity contribution in [2.75, 3.05) is 18.0 Å². The average molecular weight is 319 g/mol. The molecule has 0 aromatic heterocycles. The Labute approximate surface area is 123 Å². The van der Waals surface area contributed by atoms with Crippen LogP contribution >= 0.6 is 15.9 Å². The molecule has 2 rings (SSSR count). The van der Waals surface area contributed by atoms with Crippen molar-refractivity contribution in [1.82, 2.24) is 0 Å². The molecule has 0 spiro atoms. The molecule has 0 unspecified atom stereocenters. The van der Waals surface area contributed by atoms with Crippen molar-refractivity contribution >= 4 is 21.6 Å². The second-order valence-corrected chi connectivity index (χ2v) is 6.81. The molecule has 100 valence electrons. The molecule has 0 saturated carbocycles. The van der Waals surface area contributed by atoms with Gasteiger partial charge in [0.1, 0.15) is 6.07 Å². The fraction of sp³-hybridized carbons (Fsp3) is 0.438. The molecule has 3 heteroatoms. The highest BCUT2D eigenvalue weighted by molar-refractivity contribution is 9.10. The van der Waals surface area contributed by atoms with Crippen molar-refractivity contribution < 1.29 is 0 Å². The summed E-state index contributed by atoms with van der Waals surface area (Å²) >= 11 is 3.45. The van der Waals surface area contributed by atoms with Crippen molar-refractivity contribution in [3.8, 4) is 6.07 Å². The molecule has 2 nitrogen and oxygen atoms in total. The number of hydrogen-bond acceptors (Lipinski definition) is 2. The van der Waals surface area contributed by atoms with Crippen molar-refractivity contribution in [3.63, 3.8) is 0 Å². The average Bonchev–Trinajstić information content (AvgIpc) is 2.38. The van der Waals surface area contributed by atoms with E-state index in [1.165, 1.54) is 11.3 Å². The SMILES string of the molecule is CC(C)(C)C1=CCN(c2ccc(C#N)c(Br)c2)CC1. The van der Waals surface area contributed by atoms with E-state index in [1.54, 1.807) is 0 Å². The molecule has 1 aromatic rings. The monoisotopic (exact) mass is 318 g/mol. The van der Waals surface area contributed by atoms with Gasteiger partial charge >= 0.3 is 0 Å². The molecule has 1 aromatic carbocycles. The summed E-state index contributed by atoms with van der Waals surface area (Å²) in [5.41, 5.74) is 3.68. The molecule has 1 aliphatic rings. The zero-order chi connectivity index (χ0) is 14.0. The van der Waals surface area contributed by atoms with Crippen LogP contribution in [0.1, 0.15) is 32.8 Å². The molecular weight excluding hydrogens is 300 g/mol. The standard InChI is InChI=1S/C16H19BrN2/c1-16(2,3)13-6-8-19(9-7-13)14-5-4-12(11-18)15(17)10-14/h4-6,10H,7-9H2,1-3H3. The summed E-state index contributed by atoms with van der Waals surface area (Å²) in [6.07, 6.45) is 3.46. The fourth-order valence-corrected chi connectivity index (χ4v) is 2.83. The van der Waals surface area contributed by atoms with E-state index in [4.69, 9.17) is 5.26 Å². The third-order valence-electron chi connectivity index (χ3n) is 3.61. The van der Waals surface area contributed by atoms with Crippen molar-refractivity contribution in [2.45, 2.75) is 27.2 Å². The van der Waals surface area contributed by atoms with E-state index in [9.17, 15) is 0 Å². The minimum atomic E-state index is 0.275. The maximum Gasteiger partial charge on any atom is 0.100 e. The molecule has 0 N–H and O–H groups in total. The lowest BCUT2D eigenvalue weighted by molar-refractivity contribution is 0.472. The highest BCUT2D eigenvalue weighted by Gasteiger charge is 2.21. The third kappa shape index (κ3) is 3.19. The van der Waals surface area contributed by atoms with Crippen LogP contribution in [0.15, 0.2) is 34.3 Å². The van der Waals surface area contributed by atoms with E-state index in [0.717, 1.165) is 24.0 Å². The van der Waals surface area contributed by atoms with Gasteiger partial charge in [0, 0.05) is 23.2 Å². The van der Waals surface area contributed by atoms with Gasteiger partial charge in [-0.05, 0) is 46.0 Å². The highest BCUT2D eigenvalue weighted by atomic mass is 79.9. The van der Waals surface area contributed by atoms with E-state index in [2.05, 4.69) is 53.7 Å². The molecule has 1 heterocycles. The van der Waals surface area contributed by atoms with Crippen LogP contribution in [0.25, 0.3) is 0 Å². The molecule has 0 amide bonds. The van der Waals surface area contributed by atoms with Gasteiger partial charge in [0.2, 0.25) is 0 Å². The fourth-order valence-electron chi connectivity index (χ4n) is 2.38. The molecule has 19 heavy (non-hydrogen) atoms. The Bertz CT molecular complexity index is 547. The van der Waals surface area contributed by atoms with Gasteiger partial charge in [-0.1, -0.05) is 32.4 Å². The number of nitrogens with zero attached hydrogens (tertiary/aromatic N) is 2. The van der Waals surface area contributed by atoms with Gasteiger partial charge in [0.15, 0.2) is 0 Å². The predicted octanol–water partition coefficient (Wildman–Crippen LogP) is 4.50. The zero-order valence-electron chi connectivity index (χ0n) is 11.7. The number of benzene rings is 1. The summed E-state index contributed by atoms with van der Waals surface area (Å²) < 4.78 is 0.873. The zero-order valence-corrected chi connectivity index (χ0v) is 13.3. The highest BCUT2D eigenvalue weighted by Crippen LogP contribution is 2.32. The topological polar surface area (TPSA) is 27.0 Å². The molecule has 0 bridgehead atoms. The van der Waals surface area contributed by atoms with E-state index < -0.39 is 0 Å². The van der Waals surface area contributed by atoms with Gasteiger partial charge in [-0.25, -0.2) is 0 Å². The van der Waals surface area contributed by atoms with Crippen LogP contribution in [0.2, 0.25) is 0 Å². The second-order valence-electron chi connectivity index (χ2n) is 5.95. The van der Waals surface area contributed by atoms with Gasteiger partial charge < -0.3 is 4.90 Å². The lowest BCUT2D eigenvalue weighted by Gasteiger charge is -2.33. The van der Waals surface area contributed by atoms with Crippen LogP contribution in [0.4, 0.5) is 5.69 Å². The van der Waals surface area contributed by atoms with Crippen LogP contribution in [-0.4, -0.2) is 13.1 Å². The Morgan fingerprint density at radius 3 is 2.53 bits per heavy atom. The first-order valence-electron chi connectivity index (χ1n) is 6.56. The molecule has 0 radical (unpaired) electrons. The van der Waals surface area contributed by atoms with E-state index in [-0.39, 0.29) is 5.41 Å². The Morgan fingerprint density at radius 1 is 1.32 bits per heavy atom. The van der Waals surface area contributed by atoms with Gasteiger partial charge in [0.25, 0.3) is 0 Å². The van der Waals surface area contributed by atoms with Crippen molar-refractivity contribution in [1.29, 1.82) is 5.26 Å². The third-order valence-corrected chi connectivity index (χ3v) is 4.27. The first-order valence-corrected chi connectivity index (χ1v) is 7.35. The normalized spacial score (nSPS) is 15.9. The van der Waals surface area contributed by atoms with E-state index in [0.29, 0.717) is 5.56 Å². The number of rotatable bonds is 1. The number of nitriles is 1.